The molecule has 0 fully saturated rings. The van der Waals surface area contributed by atoms with Crippen molar-refractivity contribution in [3.8, 4) is 5.75 Å². The van der Waals surface area contributed by atoms with Crippen molar-refractivity contribution in [2.45, 2.75) is 12.5 Å². The van der Waals surface area contributed by atoms with Crippen LogP contribution in [0, 0.1) is 0 Å². The number of benzene rings is 1. The molecule has 0 aliphatic heterocycles. The van der Waals surface area contributed by atoms with E-state index < -0.39 is 6.04 Å². The maximum atomic E-state index is 11.0. The largest absolute Gasteiger partial charge is 0.506 e. The molecule has 0 aliphatic rings. The quantitative estimate of drug-likeness (QED) is 0.773. The molecule has 1 unspecified atom stereocenters. The minimum Gasteiger partial charge on any atom is -0.506 e. The van der Waals surface area contributed by atoms with Gasteiger partial charge in [0.25, 0.3) is 0 Å². The van der Waals surface area contributed by atoms with Crippen LogP contribution >= 0.6 is 11.6 Å². The molecular formula is C10H12ClNO3. The third kappa shape index (κ3) is 3.11. The number of ether oxygens (including phenoxy) is 1. The van der Waals surface area contributed by atoms with E-state index in [1.807, 2.05) is 0 Å². The van der Waals surface area contributed by atoms with E-state index in [1.165, 1.54) is 19.2 Å². The predicted octanol–water partition coefficient (Wildman–Crippen LogP) is 1.61. The minimum atomic E-state index is -0.476. The smallest absolute Gasteiger partial charge is 0.307 e. The molecule has 3 N–H and O–H groups in total. The second kappa shape index (κ2) is 5.00. The van der Waals surface area contributed by atoms with Crippen molar-refractivity contribution < 1.29 is 14.6 Å². The molecule has 1 aromatic carbocycles. The van der Waals surface area contributed by atoms with Gasteiger partial charge in [0, 0.05) is 6.04 Å². The molecule has 15 heavy (non-hydrogen) atoms. The zero-order valence-corrected chi connectivity index (χ0v) is 8.99. The molecule has 0 radical (unpaired) electrons. The van der Waals surface area contributed by atoms with Gasteiger partial charge in [0.15, 0.2) is 0 Å². The molecule has 1 atom stereocenters. The van der Waals surface area contributed by atoms with Crippen LogP contribution in [0.3, 0.4) is 0 Å². The Kier molecular flexibility index (Phi) is 3.94. The molecule has 0 saturated heterocycles. The maximum absolute atomic E-state index is 11.0. The Morgan fingerprint density at radius 1 is 1.67 bits per heavy atom. The zero-order valence-electron chi connectivity index (χ0n) is 8.24. The van der Waals surface area contributed by atoms with Gasteiger partial charge in [-0.15, -0.1) is 0 Å². The van der Waals surface area contributed by atoms with Crippen molar-refractivity contribution in [1.29, 1.82) is 0 Å². The van der Waals surface area contributed by atoms with Gasteiger partial charge >= 0.3 is 5.97 Å². The Hall–Kier alpha value is -1.26. The second-order valence-corrected chi connectivity index (χ2v) is 3.50. The first kappa shape index (κ1) is 11.8. The van der Waals surface area contributed by atoms with E-state index >= 15 is 0 Å². The average molecular weight is 230 g/mol. The first-order valence-corrected chi connectivity index (χ1v) is 4.73. The van der Waals surface area contributed by atoms with Crippen LogP contribution in [0.15, 0.2) is 18.2 Å². The fraction of sp³-hybridized carbons (Fsp3) is 0.300. The normalized spacial score (nSPS) is 12.2. The summed E-state index contributed by atoms with van der Waals surface area (Å²) in [5.41, 5.74) is 6.43. The first-order valence-electron chi connectivity index (χ1n) is 4.35. The summed E-state index contributed by atoms with van der Waals surface area (Å²) >= 11 is 5.71. The molecule has 4 nitrogen and oxygen atoms in total. The van der Waals surface area contributed by atoms with E-state index in [2.05, 4.69) is 4.74 Å². The summed E-state index contributed by atoms with van der Waals surface area (Å²) in [6.45, 7) is 0. The Morgan fingerprint density at radius 2 is 2.33 bits per heavy atom. The highest BCUT2D eigenvalue weighted by atomic mass is 35.5. The summed E-state index contributed by atoms with van der Waals surface area (Å²) in [5.74, 6) is -0.391. The lowest BCUT2D eigenvalue weighted by Gasteiger charge is -2.11. The van der Waals surface area contributed by atoms with E-state index in [0.717, 1.165) is 0 Å². The number of methoxy groups -OCH3 is 1. The van der Waals surface area contributed by atoms with Gasteiger partial charge < -0.3 is 15.6 Å². The molecule has 0 saturated carbocycles. The van der Waals surface area contributed by atoms with Crippen LogP contribution in [-0.2, 0) is 9.53 Å². The highest BCUT2D eigenvalue weighted by molar-refractivity contribution is 6.32. The lowest BCUT2D eigenvalue weighted by molar-refractivity contribution is -0.141. The van der Waals surface area contributed by atoms with E-state index in [1.54, 1.807) is 6.07 Å². The Balaban J connectivity index is 2.78. The Bertz CT molecular complexity index is 368. The number of carbonyl (C=O) groups is 1. The fourth-order valence-electron chi connectivity index (χ4n) is 1.13. The van der Waals surface area contributed by atoms with Gasteiger partial charge in [0.1, 0.15) is 5.75 Å². The molecule has 1 rings (SSSR count). The Labute approximate surface area is 92.6 Å². The molecule has 0 aromatic heterocycles. The summed E-state index contributed by atoms with van der Waals surface area (Å²) < 4.78 is 4.50. The number of aromatic hydroxyl groups is 1. The van der Waals surface area contributed by atoms with Crippen LogP contribution in [0.4, 0.5) is 0 Å². The first-order chi connectivity index (χ1) is 7.04. The number of rotatable bonds is 3. The molecule has 0 amide bonds. The van der Waals surface area contributed by atoms with E-state index in [4.69, 9.17) is 17.3 Å². The lowest BCUT2D eigenvalue weighted by atomic mass is 10.0. The van der Waals surface area contributed by atoms with Crippen molar-refractivity contribution >= 4 is 17.6 Å². The molecule has 5 heteroatoms. The van der Waals surface area contributed by atoms with Crippen molar-refractivity contribution in [3.63, 3.8) is 0 Å². The number of hydrogen-bond donors (Lipinski definition) is 2. The van der Waals surface area contributed by atoms with Gasteiger partial charge in [-0.1, -0.05) is 17.7 Å². The zero-order chi connectivity index (χ0) is 11.4. The van der Waals surface area contributed by atoms with E-state index in [9.17, 15) is 9.90 Å². The highest BCUT2D eigenvalue weighted by Gasteiger charge is 2.13. The van der Waals surface area contributed by atoms with Crippen molar-refractivity contribution in [2.24, 2.45) is 5.73 Å². The van der Waals surface area contributed by atoms with Gasteiger partial charge in [-0.2, -0.15) is 0 Å². The van der Waals surface area contributed by atoms with Gasteiger partial charge in [-0.05, 0) is 17.7 Å². The number of esters is 1. The second-order valence-electron chi connectivity index (χ2n) is 3.10. The molecule has 0 aliphatic carbocycles. The number of halogens is 1. The summed E-state index contributed by atoms with van der Waals surface area (Å²) in [4.78, 5) is 11.0. The molecular weight excluding hydrogens is 218 g/mol. The van der Waals surface area contributed by atoms with Crippen molar-refractivity contribution in [2.75, 3.05) is 7.11 Å². The molecule has 0 spiro atoms. The standard InChI is InChI=1S/C10H12ClNO3/c1-15-10(14)5-8(12)6-2-3-9(13)7(11)4-6/h2-4,8,13H,5,12H2,1H3. The number of carbonyl (C=O) groups excluding carboxylic acids is 1. The third-order valence-electron chi connectivity index (χ3n) is 2.01. The van der Waals surface area contributed by atoms with Gasteiger partial charge in [-0.3, -0.25) is 4.79 Å². The van der Waals surface area contributed by atoms with Gasteiger partial charge in [0.05, 0.1) is 18.6 Å². The van der Waals surface area contributed by atoms with E-state index in [0.29, 0.717) is 5.56 Å². The molecule has 0 heterocycles. The highest BCUT2D eigenvalue weighted by Crippen LogP contribution is 2.26. The summed E-state index contributed by atoms with van der Waals surface area (Å²) in [6, 6.07) is 4.12. The topological polar surface area (TPSA) is 72.5 Å². The SMILES string of the molecule is COC(=O)CC(N)c1ccc(O)c(Cl)c1. The van der Waals surface area contributed by atoms with Crippen molar-refractivity contribution in [1.82, 2.24) is 0 Å². The molecule has 82 valence electrons. The molecule has 0 bridgehead atoms. The van der Waals surface area contributed by atoms with Crippen LogP contribution in [0.1, 0.15) is 18.0 Å². The maximum Gasteiger partial charge on any atom is 0.307 e. The fourth-order valence-corrected chi connectivity index (χ4v) is 1.32. The molecule has 1 aromatic rings. The van der Waals surface area contributed by atoms with E-state index in [-0.39, 0.29) is 23.2 Å². The van der Waals surface area contributed by atoms with Crippen LogP contribution < -0.4 is 5.73 Å². The Morgan fingerprint density at radius 3 is 2.87 bits per heavy atom. The predicted molar refractivity (Wildman–Crippen MR) is 56.7 cm³/mol. The van der Waals surface area contributed by atoms with Crippen LogP contribution in [0.5, 0.6) is 5.75 Å². The third-order valence-corrected chi connectivity index (χ3v) is 2.32. The summed E-state index contributed by atoms with van der Waals surface area (Å²) in [5, 5.41) is 9.40. The van der Waals surface area contributed by atoms with Crippen LogP contribution in [0.25, 0.3) is 0 Å². The average Bonchev–Trinajstić information content (AvgIpc) is 2.21. The number of phenolic OH excluding ortho intramolecular Hbond substituents is 1. The monoisotopic (exact) mass is 229 g/mol. The number of phenols is 1. The summed E-state index contributed by atoms with van der Waals surface area (Å²) in [7, 11) is 1.30. The van der Waals surface area contributed by atoms with Gasteiger partial charge in [0.2, 0.25) is 0 Å². The number of hydrogen-bond acceptors (Lipinski definition) is 4. The lowest BCUT2D eigenvalue weighted by Crippen LogP contribution is -2.16. The van der Waals surface area contributed by atoms with Gasteiger partial charge in [-0.25, -0.2) is 0 Å². The van der Waals surface area contributed by atoms with Crippen LogP contribution in [-0.4, -0.2) is 18.2 Å². The van der Waals surface area contributed by atoms with Crippen LogP contribution in [0.2, 0.25) is 5.02 Å². The van der Waals surface area contributed by atoms with Crippen molar-refractivity contribution in [3.05, 3.63) is 28.8 Å². The minimum absolute atomic E-state index is 0.00863. The summed E-state index contributed by atoms with van der Waals surface area (Å²) in [6.07, 6.45) is 0.0810. The number of nitrogens with two attached hydrogens (primary N) is 1.